The summed E-state index contributed by atoms with van der Waals surface area (Å²) in [5.74, 6) is -0.807. The molecule has 0 aliphatic heterocycles. The number of phosphoric ester groups is 1. The summed E-state index contributed by atoms with van der Waals surface area (Å²) in [6.45, 7) is 2.25. The van der Waals surface area contributed by atoms with Gasteiger partial charge in [0.15, 0.2) is 17.4 Å². The van der Waals surface area contributed by atoms with Crippen LogP contribution in [0.4, 0.5) is 0 Å². The van der Waals surface area contributed by atoms with Crippen LogP contribution in [0.2, 0.25) is 0 Å². The average molecular weight is 421 g/mol. The van der Waals surface area contributed by atoms with E-state index in [1.807, 2.05) is 0 Å². The molecule has 0 bridgehead atoms. The monoisotopic (exact) mass is 420 g/mol. The molecule has 0 radical (unpaired) electrons. The fourth-order valence-electron chi connectivity index (χ4n) is 2.82. The molecule has 0 aliphatic rings. The molecule has 0 rings (SSSR count). The van der Waals surface area contributed by atoms with Crippen molar-refractivity contribution in [2.75, 3.05) is 0 Å². The van der Waals surface area contributed by atoms with Crippen LogP contribution in [-0.2, 0) is 13.9 Å². The molecule has 0 aromatic heterocycles. The van der Waals surface area contributed by atoms with E-state index in [4.69, 9.17) is 9.79 Å². The second-order valence-electron chi connectivity index (χ2n) is 6.65. The summed E-state index contributed by atoms with van der Waals surface area (Å²) in [6.07, 6.45) is 18.7. The first-order valence-corrected chi connectivity index (χ1v) is 11.3. The minimum absolute atomic E-state index is 0. The number of carbonyl (C=O) groups is 1. The molecule has 0 heterocycles. The molecular weight excluding hydrogens is 378 g/mol. The number of hydrogen-bond acceptors (Lipinski definition) is 3. The van der Waals surface area contributed by atoms with Gasteiger partial charge >= 0.3 is 36.8 Å². The number of unbranched alkanes of at least 4 members (excludes halogenated alkanes) is 14. The molecule has 154 valence electrons. The van der Waals surface area contributed by atoms with Crippen LogP contribution < -0.4 is 0 Å². The number of phosphoric acid groups is 1. The molecular formula is C18H42AlMgO5P. The Hall–Kier alpha value is 0.919. The van der Waals surface area contributed by atoms with Gasteiger partial charge in [-0.1, -0.05) is 96.8 Å². The van der Waals surface area contributed by atoms with E-state index in [2.05, 4.69) is 11.4 Å². The Labute approximate surface area is 189 Å². The van der Waals surface area contributed by atoms with Gasteiger partial charge < -0.3 is 7.38 Å². The Kier molecular flexibility index (Phi) is 27.0. The van der Waals surface area contributed by atoms with E-state index in [9.17, 15) is 9.36 Å². The summed E-state index contributed by atoms with van der Waals surface area (Å²) in [5.41, 5.74) is 0. The quantitative estimate of drug-likeness (QED) is 0.205. The zero-order valence-corrected chi connectivity index (χ0v) is 18.4. The average Bonchev–Trinajstić information content (AvgIpc) is 2.49. The van der Waals surface area contributed by atoms with Crippen LogP contribution in [0.15, 0.2) is 0 Å². The molecule has 26 heavy (non-hydrogen) atoms. The summed E-state index contributed by atoms with van der Waals surface area (Å²) < 4.78 is 14.4. The van der Waals surface area contributed by atoms with Crippen molar-refractivity contribution in [1.29, 1.82) is 0 Å². The number of hydrogen-bond donors (Lipinski definition) is 2. The Bertz CT molecular complexity index is 363. The van der Waals surface area contributed by atoms with E-state index in [1.165, 1.54) is 77.0 Å². The van der Waals surface area contributed by atoms with Gasteiger partial charge in [0.2, 0.25) is 0 Å². The first kappa shape index (κ1) is 31.6. The van der Waals surface area contributed by atoms with Gasteiger partial charge in [0.25, 0.3) is 0 Å². The van der Waals surface area contributed by atoms with E-state index in [0.717, 1.165) is 12.8 Å². The van der Waals surface area contributed by atoms with Crippen LogP contribution in [0.5, 0.6) is 0 Å². The molecule has 0 saturated heterocycles. The van der Waals surface area contributed by atoms with Crippen molar-refractivity contribution in [2.45, 2.75) is 110 Å². The maximum absolute atomic E-state index is 11.1. The second kappa shape index (κ2) is 22.2. The van der Waals surface area contributed by atoms with Crippen molar-refractivity contribution < 1.29 is 26.5 Å². The van der Waals surface area contributed by atoms with E-state index in [0.29, 0.717) is 6.42 Å². The first-order valence-electron chi connectivity index (χ1n) is 9.73. The molecule has 5 nitrogen and oxygen atoms in total. The number of carbonyl (C=O) groups excluding carboxylic acids is 1. The molecule has 0 atom stereocenters. The molecule has 0 aromatic carbocycles. The first-order chi connectivity index (χ1) is 11.5. The van der Waals surface area contributed by atoms with Gasteiger partial charge in [-0.2, -0.15) is 0 Å². The fourth-order valence-corrected chi connectivity index (χ4v) is 3.18. The minimum atomic E-state index is -4.66. The minimum Gasteiger partial charge on any atom is -1.00 e. The Morgan fingerprint density at radius 1 is 0.769 bits per heavy atom. The fraction of sp³-hybridized carbons (Fsp3) is 0.944. The van der Waals surface area contributed by atoms with Crippen LogP contribution in [0.3, 0.4) is 0 Å². The molecule has 0 spiro atoms. The molecule has 0 saturated carbocycles. The van der Waals surface area contributed by atoms with Crippen molar-refractivity contribution in [3.8, 4) is 0 Å². The standard InChI is InChI=1S/C18H37O5P.Al.Mg.5H/c1-2-3-4-5-6-7-8-9-10-11-12-13-14-15-16-17-18(19)23-24(20,21)22;;;;;;;/h2-17H2,1H3,(H2,20,21,22);;;;;;;/q;;+2;;;;2*-1. The molecule has 0 aliphatic carbocycles. The van der Waals surface area contributed by atoms with Gasteiger partial charge in [0.05, 0.1) is 0 Å². The molecule has 0 aromatic rings. The zero-order valence-electron chi connectivity index (χ0n) is 18.1. The van der Waals surface area contributed by atoms with E-state index < -0.39 is 13.8 Å². The summed E-state index contributed by atoms with van der Waals surface area (Å²) in [5, 5.41) is 0. The molecule has 0 amide bonds. The Morgan fingerprint density at radius 3 is 1.38 bits per heavy atom. The summed E-state index contributed by atoms with van der Waals surface area (Å²) in [4.78, 5) is 28.0. The van der Waals surface area contributed by atoms with Crippen LogP contribution in [0.1, 0.15) is 113 Å². The van der Waals surface area contributed by atoms with Crippen LogP contribution in [0.25, 0.3) is 0 Å². The smallest absolute Gasteiger partial charge is 1.00 e. The third-order valence-electron chi connectivity index (χ3n) is 4.21. The van der Waals surface area contributed by atoms with Gasteiger partial charge in [0, 0.05) is 6.42 Å². The molecule has 8 heteroatoms. The van der Waals surface area contributed by atoms with Crippen LogP contribution in [-0.4, -0.2) is 56.2 Å². The van der Waals surface area contributed by atoms with Crippen molar-refractivity contribution >= 4 is 54.2 Å². The molecule has 0 unspecified atom stereocenters. The predicted octanol–water partition coefficient (Wildman–Crippen LogP) is 4.54. The normalized spacial score (nSPS) is 10.7. The second-order valence-corrected chi connectivity index (χ2v) is 7.82. The van der Waals surface area contributed by atoms with Crippen molar-refractivity contribution in [1.82, 2.24) is 0 Å². The maximum atomic E-state index is 11.1. The summed E-state index contributed by atoms with van der Waals surface area (Å²) >= 11 is 0. The third kappa shape index (κ3) is 27.1. The van der Waals surface area contributed by atoms with Gasteiger partial charge in [-0.3, -0.25) is 14.6 Å². The van der Waals surface area contributed by atoms with Gasteiger partial charge in [0.1, 0.15) is 0 Å². The maximum Gasteiger partial charge on any atom is 2.00 e. The van der Waals surface area contributed by atoms with E-state index in [1.54, 1.807) is 0 Å². The summed E-state index contributed by atoms with van der Waals surface area (Å²) in [6, 6.07) is 0. The van der Waals surface area contributed by atoms with Gasteiger partial charge in [-0.25, -0.2) is 4.57 Å². The Balaban J connectivity index is -0.000000441. The molecule has 2 N–H and O–H groups in total. The van der Waals surface area contributed by atoms with E-state index >= 15 is 0 Å². The van der Waals surface area contributed by atoms with Gasteiger partial charge in [-0.05, 0) is 6.42 Å². The van der Waals surface area contributed by atoms with Gasteiger partial charge in [-0.15, -0.1) is 0 Å². The van der Waals surface area contributed by atoms with Crippen LogP contribution in [0, 0.1) is 0 Å². The topological polar surface area (TPSA) is 83.8 Å². The van der Waals surface area contributed by atoms with Crippen molar-refractivity contribution in [3.63, 3.8) is 0 Å². The predicted molar refractivity (Wildman–Crippen MR) is 116 cm³/mol. The number of rotatable bonds is 17. The van der Waals surface area contributed by atoms with Crippen molar-refractivity contribution in [2.24, 2.45) is 0 Å². The van der Waals surface area contributed by atoms with Crippen LogP contribution >= 0.6 is 7.82 Å². The third-order valence-corrected chi connectivity index (χ3v) is 4.65. The SMILES string of the molecule is CCCCCCCCCCCCCCCCCC(=O)OP(=O)(O)O.[AlH3].[H-].[H-].[Mg+2]. The summed E-state index contributed by atoms with van der Waals surface area (Å²) in [7, 11) is -4.66. The Morgan fingerprint density at radius 2 is 1.08 bits per heavy atom. The van der Waals surface area contributed by atoms with E-state index in [-0.39, 0.29) is 49.7 Å². The largest absolute Gasteiger partial charge is 2.00 e. The zero-order chi connectivity index (χ0) is 18.1. The molecule has 0 fully saturated rings. The van der Waals surface area contributed by atoms with Crippen molar-refractivity contribution in [3.05, 3.63) is 0 Å².